The fraction of sp³-hybridized carbons (Fsp3) is 0.278. The van der Waals surface area contributed by atoms with E-state index in [-0.39, 0.29) is 18.1 Å². The molecule has 2 aromatic carbocycles. The largest absolute Gasteiger partial charge is 0.352 e. The third-order valence-electron chi connectivity index (χ3n) is 3.74. The monoisotopic (exact) mass is 379 g/mol. The average Bonchev–Trinajstić information content (AvgIpc) is 2.61. The summed E-state index contributed by atoms with van der Waals surface area (Å²) in [5.41, 5.74) is 1.07. The molecule has 0 saturated heterocycles. The normalized spacial score (nSPS) is 11.4. The zero-order valence-corrected chi connectivity index (χ0v) is 15.8. The van der Waals surface area contributed by atoms with E-state index in [2.05, 4.69) is 5.32 Å². The van der Waals surface area contributed by atoms with Crippen LogP contribution < -0.4 is 9.62 Å². The van der Waals surface area contributed by atoms with Gasteiger partial charge in [-0.2, -0.15) is 12.7 Å². The van der Waals surface area contributed by atoms with Crippen molar-refractivity contribution in [3.8, 4) is 0 Å². The Labute approximate surface area is 153 Å². The minimum atomic E-state index is -3.90. The molecule has 140 valence electrons. The summed E-state index contributed by atoms with van der Waals surface area (Å²) in [6.07, 6.45) is 0. The molecular formula is C18H22FN3O3S. The first-order chi connectivity index (χ1) is 12.3. The number of nitrogens with one attached hydrogen (secondary N) is 1. The predicted octanol–water partition coefficient (Wildman–Crippen LogP) is 2.39. The van der Waals surface area contributed by atoms with Crippen molar-refractivity contribution in [2.45, 2.75) is 13.5 Å². The van der Waals surface area contributed by atoms with Crippen LogP contribution in [0.3, 0.4) is 0 Å². The highest BCUT2D eigenvalue weighted by Gasteiger charge is 2.27. The molecule has 0 aliphatic rings. The van der Waals surface area contributed by atoms with Crippen LogP contribution in [-0.4, -0.2) is 39.3 Å². The van der Waals surface area contributed by atoms with Crippen LogP contribution in [0, 0.1) is 5.82 Å². The summed E-state index contributed by atoms with van der Waals surface area (Å²) in [7, 11) is -1.12. The fourth-order valence-electron chi connectivity index (χ4n) is 2.33. The zero-order chi connectivity index (χ0) is 19.3. The number of carbonyl (C=O) groups is 1. The van der Waals surface area contributed by atoms with Crippen molar-refractivity contribution in [2.75, 3.05) is 24.9 Å². The SMILES string of the molecule is CCNC(=O)c1ccc(CN(c2ccccc2F)S(=O)(=O)N(C)C)cc1. The van der Waals surface area contributed by atoms with E-state index in [0.29, 0.717) is 17.7 Å². The Hall–Kier alpha value is -2.45. The number of nitrogens with zero attached hydrogens (tertiary/aromatic N) is 2. The number of rotatable bonds is 7. The lowest BCUT2D eigenvalue weighted by Gasteiger charge is -2.27. The molecule has 0 bridgehead atoms. The van der Waals surface area contributed by atoms with Crippen molar-refractivity contribution >= 4 is 21.8 Å². The van der Waals surface area contributed by atoms with Crippen LogP contribution in [0.4, 0.5) is 10.1 Å². The van der Waals surface area contributed by atoms with E-state index >= 15 is 0 Å². The second-order valence-corrected chi connectivity index (χ2v) is 7.87. The van der Waals surface area contributed by atoms with Crippen LogP contribution >= 0.6 is 0 Å². The van der Waals surface area contributed by atoms with Gasteiger partial charge < -0.3 is 5.32 Å². The minimum Gasteiger partial charge on any atom is -0.352 e. The van der Waals surface area contributed by atoms with E-state index in [1.807, 2.05) is 6.92 Å². The number of amides is 1. The van der Waals surface area contributed by atoms with Gasteiger partial charge in [-0.05, 0) is 36.8 Å². The number of halogens is 1. The third kappa shape index (κ3) is 4.39. The van der Waals surface area contributed by atoms with Crippen LogP contribution in [0.5, 0.6) is 0 Å². The van der Waals surface area contributed by atoms with E-state index in [1.165, 1.54) is 32.3 Å². The van der Waals surface area contributed by atoms with Crippen molar-refractivity contribution in [3.05, 3.63) is 65.5 Å². The molecule has 0 aromatic heterocycles. The highest BCUT2D eigenvalue weighted by Crippen LogP contribution is 2.25. The zero-order valence-electron chi connectivity index (χ0n) is 14.9. The maximum atomic E-state index is 14.2. The van der Waals surface area contributed by atoms with Gasteiger partial charge in [0, 0.05) is 26.2 Å². The van der Waals surface area contributed by atoms with Gasteiger partial charge >= 0.3 is 10.2 Å². The Kier molecular flexibility index (Phi) is 6.33. The Morgan fingerprint density at radius 2 is 1.69 bits per heavy atom. The molecule has 0 saturated carbocycles. The van der Waals surface area contributed by atoms with Gasteiger partial charge in [0.15, 0.2) is 0 Å². The molecule has 0 aliphatic heterocycles. The molecule has 0 atom stereocenters. The molecule has 0 radical (unpaired) electrons. The molecule has 2 rings (SSSR count). The topological polar surface area (TPSA) is 69.7 Å². The first kappa shape index (κ1) is 19.9. The molecular weight excluding hydrogens is 357 g/mol. The summed E-state index contributed by atoms with van der Waals surface area (Å²) in [5, 5.41) is 2.69. The lowest BCUT2D eigenvalue weighted by molar-refractivity contribution is 0.0956. The van der Waals surface area contributed by atoms with Crippen molar-refractivity contribution in [1.29, 1.82) is 0 Å². The summed E-state index contributed by atoms with van der Waals surface area (Å²) in [4.78, 5) is 11.8. The first-order valence-electron chi connectivity index (χ1n) is 8.09. The number of benzene rings is 2. The summed E-state index contributed by atoms with van der Waals surface area (Å²) in [6, 6.07) is 12.2. The Balaban J connectivity index is 2.36. The molecule has 0 spiro atoms. The van der Waals surface area contributed by atoms with Crippen LogP contribution in [0.1, 0.15) is 22.8 Å². The molecule has 0 heterocycles. The maximum absolute atomic E-state index is 14.2. The highest BCUT2D eigenvalue weighted by molar-refractivity contribution is 7.90. The number of hydrogen-bond donors (Lipinski definition) is 1. The van der Waals surface area contributed by atoms with E-state index in [4.69, 9.17) is 0 Å². The van der Waals surface area contributed by atoms with Crippen LogP contribution in [0.25, 0.3) is 0 Å². The Morgan fingerprint density at radius 1 is 1.08 bits per heavy atom. The molecule has 2 aromatic rings. The van der Waals surface area contributed by atoms with Gasteiger partial charge in [-0.25, -0.2) is 4.39 Å². The van der Waals surface area contributed by atoms with Gasteiger partial charge in [-0.15, -0.1) is 0 Å². The number of carbonyl (C=O) groups excluding carboxylic acids is 1. The van der Waals surface area contributed by atoms with Gasteiger partial charge in [0.2, 0.25) is 0 Å². The fourth-order valence-corrected chi connectivity index (χ4v) is 3.44. The predicted molar refractivity (Wildman–Crippen MR) is 99.6 cm³/mol. The second kappa shape index (κ2) is 8.29. The van der Waals surface area contributed by atoms with Crippen LogP contribution in [0.2, 0.25) is 0 Å². The molecule has 6 nitrogen and oxygen atoms in total. The van der Waals surface area contributed by atoms with Crippen molar-refractivity contribution < 1.29 is 17.6 Å². The summed E-state index contributed by atoms with van der Waals surface area (Å²) >= 11 is 0. The molecule has 1 N–H and O–H groups in total. The van der Waals surface area contributed by atoms with Gasteiger partial charge in [-0.3, -0.25) is 9.10 Å². The minimum absolute atomic E-state index is 0.0333. The number of para-hydroxylation sites is 1. The maximum Gasteiger partial charge on any atom is 0.303 e. The average molecular weight is 379 g/mol. The lowest BCUT2D eigenvalue weighted by Crippen LogP contribution is -2.40. The Morgan fingerprint density at radius 3 is 2.23 bits per heavy atom. The number of anilines is 1. The van der Waals surface area contributed by atoms with Crippen molar-refractivity contribution in [2.24, 2.45) is 0 Å². The van der Waals surface area contributed by atoms with Crippen LogP contribution in [0.15, 0.2) is 48.5 Å². The molecule has 0 aliphatic carbocycles. The molecule has 1 amide bonds. The van der Waals surface area contributed by atoms with Crippen molar-refractivity contribution in [3.63, 3.8) is 0 Å². The van der Waals surface area contributed by atoms with Crippen LogP contribution in [-0.2, 0) is 16.8 Å². The third-order valence-corrected chi connectivity index (χ3v) is 5.55. The van der Waals surface area contributed by atoms with Gasteiger partial charge in [0.05, 0.1) is 12.2 Å². The van der Waals surface area contributed by atoms with E-state index in [9.17, 15) is 17.6 Å². The quantitative estimate of drug-likeness (QED) is 0.803. The van der Waals surface area contributed by atoms with E-state index in [0.717, 1.165) is 8.61 Å². The van der Waals surface area contributed by atoms with Gasteiger partial charge in [-0.1, -0.05) is 24.3 Å². The lowest BCUT2D eigenvalue weighted by atomic mass is 10.1. The summed E-state index contributed by atoms with van der Waals surface area (Å²) < 4.78 is 41.6. The summed E-state index contributed by atoms with van der Waals surface area (Å²) in [5.74, 6) is -0.831. The molecule has 26 heavy (non-hydrogen) atoms. The smallest absolute Gasteiger partial charge is 0.303 e. The number of hydrogen-bond acceptors (Lipinski definition) is 3. The molecule has 0 unspecified atom stereocenters. The molecule has 8 heteroatoms. The van der Waals surface area contributed by atoms with Gasteiger partial charge in [0.25, 0.3) is 5.91 Å². The molecule has 0 fully saturated rings. The first-order valence-corrected chi connectivity index (χ1v) is 9.49. The second-order valence-electron chi connectivity index (χ2n) is 5.80. The van der Waals surface area contributed by atoms with E-state index < -0.39 is 16.0 Å². The standard InChI is InChI=1S/C18H22FN3O3S/c1-4-20-18(23)15-11-9-14(10-12-15)13-22(26(24,25)21(2)3)17-8-6-5-7-16(17)19/h5-12H,4,13H2,1-3H3,(H,20,23). The highest BCUT2D eigenvalue weighted by atomic mass is 32.2. The Bertz CT molecular complexity index is 868. The summed E-state index contributed by atoms with van der Waals surface area (Å²) in [6.45, 7) is 2.28. The van der Waals surface area contributed by atoms with E-state index in [1.54, 1.807) is 30.3 Å². The van der Waals surface area contributed by atoms with Gasteiger partial charge in [0.1, 0.15) is 5.82 Å². The van der Waals surface area contributed by atoms with Crippen molar-refractivity contribution in [1.82, 2.24) is 9.62 Å².